The minimum Gasteiger partial charge on any atom is -0.353 e. The van der Waals surface area contributed by atoms with Crippen LogP contribution < -0.4 is 5.32 Å². The lowest BCUT2D eigenvalue weighted by Crippen LogP contribution is -2.48. The Balaban J connectivity index is 1.68. The highest BCUT2D eigenvalue weighted by molar-refractivity contribution is 5.92. The van der Waals surface area contributed by atoms with E-state index in [1.54, 1.807) is 4.90 Å². The van der Waals surface area contributed by atoms with E-state index >= 15 is 0 Å². The fourth-order valence-electron chi connectivity index (χ4n) is 3.29. The Morgan fingerprint density at radius 1 is 1.21 bits per heavy atom. The first-order valence-corrected chi connectivity index (χ1v) is 9.89. The lowest BCUT2D eigenvalue weighted by atomic mass is 10.2. The van der Waals surface area contributed by atoms with Crippen LogP contribution in [0.25, 0.3) is 0 Å². The maximum absolute atomic E-state index is 13.1. The third-order valence-corrected chi connectivity index (χ3v) is 5.15. The van der Waals surface area contributed by atoms with E-state index in [2.05, 4.69) is 5.32 Å². The van der Waals surface area contributed by atoms with Crippen LogP contribution in [-0.2, 0) is 18.4 Å². The Labute approximate surface area is 167 Å². The number of aryl methyl sites for hydroxylation is 2. The van der Waals surface area contributed by atoms with Crippen LogP contribution in [0.15, 0.2) is 42.6 Å². The molecule has 2 aromatic rings. The van der Waals surface area contributed by atoms with Gasteiger partial charge < -0.3 is 19.7 Å². The molecule has 1 aromatic carbocycles. The lowest BCUT2D eigenvalue weighted by Gasteiger charge is -2.30. The van der Waals surface area contributed by atoms with E-state index < -0.39 is 0 Å². The molecule has 0 saturated heterocycles. The maximum atomic E-state index is 13.1. The van der Waals surface area contributed by atoms with Crippen molar-refractivity contribution in [3.8, 4) is 0 Å². The second-order valence-corrected chi connectivity index (χ2v) is 7.88. The SMILES string of the molecule is Cc1cccc(NC(=O)N(CC(=O)N(Cc2cccn2C)C2CC2)C(C)C)c1. The van der Waals surface area contributed by atoms with Gasteiger partial charge in [-0.1, -0.05) is 12.1 Å². The second kappa shape index (κ2) is 8.50. The zero-order chi connectivity index (χ0) is 20.3. The Morgan fingerprint density at radius 3 is 2.54 bits per heavy atom. The molecule has 1 aliphatic carbocycles. The number of carbonyl (C=O) groups is 2. The van der Waals surface area contributed by atoms with E-state index in [0.717, 1.165) is 29.8 Å². The van der Waals surface area contributed by atoms with Crippen LogP contribution in [-0.4, -0.2) is 44.9 Å². The number of amides is 3. The van der Waals surface area contributed by atoms with Gasteiger partial charge in [-0.05, 0) is 63.4 Å². The molecule has 0 radical (unpaired) electrons. The van der Waals surface area contributed by atoms with Gasteiger partial charge in [0.2, 0.25) is 5.91 Å². The van der Waals surface area contributed by atoms with Crippen molar-refractivity contribution in [3.63, 3.8) is 0 Å². The van der Waals surface area contributed by atoms with Crippen molar-refractivity contribution < 1.29 is 9.59 Å². The quantitative estimate of drug-likeness (QED) is 0.792. The molecule has 1 aliphatic rings. The van der Waals surface area contributed by atoms with Crippen molar-refractivity contribution in [2.24, 2.45) is 7.05 Å². The topological polar surface area (TPSA) is 57.6 Å². The molecule has 0 unspecified atom stereocenters. The van der Waals surface area contributed by atoms with Gasteiger partial charge in [-0.15, -0.1) is 0 Å². The Kier molecular flexibility index (Phi) is 6.07. The summed E-state index contributed by atoms with van der Waals surface area (Å²) in [5.41, 5.74) is 2.92. The van der Waals surface area contributed by atoms with Gasteiger partial charge in [0.1, 0.15) is 6.54 Å². The van der Waals surface area contributed by atoms with E-state index in [4.69, 9.17) is 0 Å². The third-order valence-electron chi connectivity index (χ3n) is 5.15. The summed E-state index contributed by atoms with van der Waals surface area (Å²) in [4.78, 5) is 29.4. The highest BCUT2D eigenvalue weighted by atomic mass is 16.2. The molecule has 0 bridgehead atoms. The van der Waals surface area contributed by atoms with Crippen LogP contribution in [0.5, 0.6) is 0 Å². The summed E-state index contributed by atoms with van der Waals surface area (Å²) in [5.74, 6) is -0.00297. The first-order chi connectivity index (χ1) is 13.3. The number of nitrogens with one attached hydrogen (secondary N) is 1. The molecule has 1 heterocycles. The average Bonchev–Trinajstić information content (AvgIpc) is 3.39. The highest BCUT2D eigenvalue weighted by Crippen LogP contribution is 2.28. The smallest absolute Gasteiger partial charge is 0.322 e. The summed E-state index contributed by atoms with van der Waals surface area (Å²) in [6.07, 6.45) is 4.06. The van der Waals surface area contributed by atoms with Crippen molar-refractivity contribution >= 4 is 17.6 Å². The molecule has 0 atom stereocenters. The van der Waals surface area contributed by atoms with Crippen molar-refractivity contribution in [2.45, 2.75) is 52.2 Å². The fraction of sp³-hybridized carbons (Fsp3) is 0.455. The van der Waals surface area contributed by atoms with Crippen LogP contribution in [0.4, 0.5) is 10.5 Å². The van der Waals surface area contributed by atoms with Crippen LogP contribution in [0.1, 0.15) is 37.9 Å². The molecule has 6 nitrogen and oxygen atoms in total. The number of anilines is 1. The zero-order valence-electron chi connectivity index (χ0n) is 17.2. The highest BCUT2D eigenvalue weighted by Gasteiger charge is 2.34. The summed E-state index contributed by atoms with van der Waals surface area (Å²) < 4.78 is 2.04. The van der Waals surface area contributed by atoms with Gasteiger partial charge >= 0.3 is 6.03 Å². The summed E-state index contributed by atoms with van der Waals surface area (Å²) in [6, 6.07) is 11.7. The van der Waals surface area contributed by atoms with E-state index in [1.807, 2.05) is 79.9 Å². The van der Waals surface area contributed by atoms with E-state index in [0.29, 0.717) is 6.54 Å². The average molecular weight is 383 g/mol. The van der Waals surface area contributed by atoms with Crippen molar-refractivity contribution in [1.82, 2.24) is 14.4 Å². The number of urea groups is 1. The molecule has 3 amide bonds. The van der Waals surface area contributed by atoms with Gasteiger partial charge in [-0.25, -0.2) is 4.79 Å². The molecule has 1 fully saturated rings. The third kappa shape index (κ3) is 4.94. The molecule has 0 aliphatic heterocycles. The standard InChI is InChI=1S/C22H30N4O2/c1-16(2)25(22(28)23-18-8-5-7-17(3)13-18)15-21(27)26(19-10-11-19)14-20-9-6-12-24(20)4/h5-9,12-13,16,19H,10-11,14-15H2,1-4H3,(H,23,28). The summed E-state index contributed by atoms with van der Waals surface area (Å²) in [6.45, 7) is 6.51. The van der Waals surface area contributed by atoms with Crippen LogP contribution in [0.3, 0.4) is 0 Å². The van der Waals surface area contributed by atoms with Gasteiger partial charge in [0.15, 0.2) is 0 Å². The zero-order valence-corrected chi connectivity index (χ0v) is 17.2. The minimum atomic E-state index is -0.247. The number of hydrogen-bond acceptors (Lipinski definition) is 2. The van der Waals surface area contributed by atoms with Crippen LogP contribution in [0.2, 0.25) is 0 Å². The number of rotatable bonds is 7. The van der Waals surface area contributed by atoms with Crippen LogP contribution >= 0.6 is 0 Å². The van der Waals surface area contributed by atoms with Crippen molar-refractivity contribution in [3.05, 3.63) is 53.9 Å². The predicted octanol–water partition coefficient (Wildman–Crippen LogP) is 3.77. The van der Waals surface area contributed by atoms with Gasteiger partial charge in [-0.2, -0.15) is 0 Å². The normalized spacial score (nSPS) is 13.5. The second-order valence-electron chi connectivity index (χ2n) is 7.88. The lowest BCUT2D eigenvalue weighted by molar-refractivity contribution is -0.133. The van der Waals surface area contributed by atoms with E-state index in [-0.39, 0.29) is 30.6 Å². The summed E-state index contributed by atoms with van der Waals surface area (Å²) >= 11 is 0. The number of aromatic nitrogens is 1. The van der Waals surface area contributed by atoms with E-state index in [9.17, 15) is 9.59 Å². The number of benzene rings is 1. The number of nitrogens with zero attached hydrogens (tertiary/aromatic N) is 3. The molecule has 3 rings (SSSR count). The molecule has 150 valence electrons. The number of carbonyl (C=O) groups excluding carboxylic acids is 2. The van der Waals surface area contributed by atoms with Gasteiger partial charge in [0.25, 0.3) is 0 Å². The minimum absolute atomic E-state index is 0.00297. The summed E-state index contributed by atoms with van der Waals surface area (Å²) in [7, 11) is 1.99. The number of hydrogen-bond donors (Lipinski definition) is 1. The molecule has 6 heteroatoms. The van der Waals surface area contributed by atoms with Gasteiger partial charge in [-0.3, -0.25) is 4.79 Å². The van der Waals surface area contributed by atoms with Gasteiger partial charge in [0, 0.05) is 36.7 Å². The van der Waals surface area contributed by atoms with Crippen molar-refractivity contribution in [1.29, 1.82) is 0 Å². The summed E-state index contributed by atoms with van der Waals surface area (Å²) in [5, 5.41) is 2.92. The molecule has 28 heavy (non-hydrogen) atoms. The first kappa shape index (κ1) is 20.0. The molecule has 1 saturated carbocycles. The predicted molar refractivity (Wildman–Crippen MR) is 111 cm³/mol. The van der Waals surface area contributed by atoms with Gasteiger partial charge in [0.05, 0.1) is 6.54 Å². The van der Waals surface area contributed by atoms with Crippen molar-refractivity contribution in [2.75, 3.05) is 11.9 Å². The Hall–Kier alpha value is -2.76. The first-order valence-electron chi connectivity index (χ1n) is 9.89. The van der Waals surface area contributed by atoms with Crippen LogP contribution in [0, 0.1) is 6.92 Å². The molecule has 0 spiro atoms. The van der Waals surface area contributed by atoms with E-state index in [1.165, 1.54) is 0 Å². The monoisotopic (exact) mass is 382 g/mol. The molecular formula is C22H30N4O2. The molecular weight excluding hydrogens is 352 g/mol. The Bertz CT molecular complexity index is 839. The largest absolute Gasteiger partial charge is 0.353 e. The maximum Gasteiger partial charge on any atom is 0.322 e. The fourth-order valence-corrected chi connectivity index (χ4v) is 3.29. The Morgan fingerprint density at radius 2 is 1.96 bits per heavy atom. The molecule has 1 N–H and O–H groups in total. The molecule has 1 aromatic heterocycles.